The third-order valence-corrected chi connectivity index (χ3v) is 2.04. The standard InChI is InChI=1S/C11H12F3NO3/c1-8(15-16)9-2-4-10(5-3-9)17-6-7-18-11(12,13)14/h2-5,16H,6-7H2,1H3. The Kier molecular flexibility index (Phi) is 4.96. The summed E-state index contributed by atoms with van der Waals surface area (Å²) in [7, 11) is 0. The topological polar surface area (TPSA) is 51.1 Å². The lowest BCUT2D eigenvalue weighted by Gasteiger charge is -2.09. The molecule has 1 N–H and O–H groups in total. The van der Waals surface area contributed by atoms with E-state index in [2.05, 4.69) is 9.89 Å². The molecule has 0 amide bonds. The monoisotopic (exact) mass is 263 g/mol. The number of alkyl halides is 3. The summed E-state index contributed by atoms with van der Waals surface area (Å²) in [6.07, 6.45) is -4.64. The van der Waals surface area contributed by atoms with E-state index in [9.17, 15) is 13.2 Å². The van der Waals surface area contributed by atoms with Crippen molar-refractivity contribution in [2.24, 2.45) is 5.16 Å². The zero-order valence-electron chi connectivity index (χ0n) is 9.57. The van der Waals surface area contributed by atoms with Crippen LogP contribution in [0.5, 0.6) is 5.75 Å². The molecule has 0 saturated heterocycles. The van der Waals surface area contributed by atoms with Gasteiger partial charge in [-0.3, -0.25) is 4.74 Å². The lowest BCUT2D eigenvalue weighted by molar-refractivity contribution is -0.325. The van der Waals surface area contributed by atoms with Gasteiger partial charge in [0.05, 0.1) is 12.3 Å². The molecule has 0 atom stereocenters. The third-order valence-electron chi connectivity index (χ3n) is 2.04. The van der Waals surface area contributed by atoms with Crippen LogP contribution in [0.2, 0.25) is 0 Å². The number of halogens is 3. The van der Waals surface area contributed by atoms with E-state index in [1.165, 1.54) is 0 Å². The Morgan fingerprint density at radius 2 is 1.83 bits per heavy atom. The van der Waals surface area contributed by atoms with E-state index in [1.807, 2.05) is 0 Å². The molecule has 0 aromatic heterocycles. The van der Waals surface area contributed by atoms with Crippen LogP contribution in [0.1, 0.15) is 12.5 Å². The Morgan fingerprint density at radius 1 is 1.22 bits per heavy atom. The predicted octanol–water partition coefficient (Wildman–Crippen LogP) is 2.80. The van der Waals surface area contributed by atoms with Crippen LogP contribution in [-0.4, -0.2) is 30.5 Å². The van der Waals surface area contributed by atoms with Crippen LogP contribution in [0.4, 0.5) is 13.2 Å². The van der Waals surface area contributed by atoms with Gasteiger partial charge in [-0.15, -0.1) is 13.2 Å². The molecular weight excluding hydrogens is 251 g/mol. The molecule has 0 unspecified atom stereocenters. The molecule has 1 rings (SSSR count). The maximum absolute atomic E-state index is 11.6. The molecule has 0 spiro atoms. The molecule has 0 bridgehead atoms. The SMILES string of the molecule is CC(=NO)c1ccc(OCCOC(F)(F)F)cc1. The predicted molar refractivity (Wildman–Crippen MR) is 57.9 cm³/mol. The Hall–Kier alpha value is -1.76. The summed E-state index contributed by atoms with van der Waals surface area (Å²) < 4.78 is 43.5. The number of hydrogen-bond acceptors (Lipinski definition) is 4. The molecule has 0 saturated carbocycles. The fraction of sp³-hybridized carbons (Fsp3) is 0.364. The van der Waals surface area contributed by atoms with Gasteiger partial charge in [0.15, 0.2) is 0 Å². The van der Waals surface area contributed by atoms with E-state index >= 15 is 0 Å². The fourth-order valence-electron chi connectivity index (χ4n) is 1.17. The molecular formula is C11H12F3NO3. The average molecular weight is 263 g/mol. The average Bonchev–Trinajstić information content (AvgIpc) is 2.33. The highest BCUT2D eigenvalue weighted by atomic mass is 19.4. The maximum Gasteiger partial charge on any atom is 0.522 e. The summed E-state index contributed by atoms with van der Waals surface area (Å²) in [5.41, 5.74) is 1.12. The Morgan fingerprint density at radius 3 is 2.33 bits per heavy atom. The van der Waals surface area contributed by atoms with E-state index in [0.29, 0.717) is 17.0 Å². The van der Waals surface area contributed by atoms with Gasteiger partial charge in [0.25, 0.3) is 0 Å². The first-order chi connectivity index (χ1) is 8.42. The van der Waals surface area contributed by atoms with Crippen molar-refractivity contribution in [2.75, 3.05) is 13.2 Å². The van der Waals surface area contributed by atoms with Crippen molar-refractivity contribution in [1.29, 1.82) is 0 Å². The normalized spacial score (nSPS) is 12.6. The molecule has 0 heterocycles. The van der Waals surface area contributed by atoms with Gasteiger partial charge in [-0.25, -0.2) is 0 Å². The lowest BCUT2D eigenvalue weighted by atomic mass is 10.1. The largest absolute Gasteiger partial charge is 0.522 e. The van der Waals surface area contributed by atoms with Crippen LogP contribution in [-0.2, 0) is 4.74 Å². The number of ether oxygens (including phenoxy) is 2. The second kappa shape index (κ2) is 6.25. The number of nitrogens with zero attached hydrogens (tertiary/aromatic N) is 1. The molecule has 100 valence electrons. The van der Waals surface area contributed by atoms with Gasteiger partial charge >= 0.3 is 6.36 Å². The summed E-state index contributed by atoms with van der Waals surface area (Å²) in [6.45, 7) is 0.849. The molecule has 0 aliphatic heterocycles. The highest BCUT2D eigenvalue weighted by Gasteiger charge is 2.28. The molecule has 1 aromatic rings. The second-order valence-electron chi connectivity index (χ2n) is 3.35. The van der Waals surface area contributed by atoms with Gasteiger partial charge in [0.1, 0.15) is 12.4 Å². The van der Waals surface area contributed by atoms with Crippen molar-refractivity contribution in [3.63, 3.8) is 0 Å². The van der Waals surface area contributed by atoms with Crippen molar-refractivity contribution >= 4 is 5.71 Å². The van der Waals surface area contributed by atoms with Crippen molar-refractivity contribution in [3.05, 3.63) is 29.8 Å². The number of oxime groups is 1. The van der Waals surface area contributed by atoms with Crippen LogP contribution in [0.15, 0.2) is 29.4 Å². The van der Waals surface area contributed by atoms with Gasteiger partial charge < -0.3 is 9.94 Å². The number of rotatable bonds is 5. The van der Waals surface area contributed by atoms with E-state index in [-0.39, 0.29) is 6.61 Å². The van der Waals surface area contributed by atoms with E-state index < -0.39 is 13.0 Å². The molecule has 4 nitrogen and oxygen atoms in total. The summed E-state index contributed by atoms with van der Waals surface area (Å²) in [5.74, 6) is 0.412. The van der Waals surface area contributed by atoms with Crippen molar-refractivity contribution in [2.45, 2.75) is 13.3 Å². The molecule has 0 aliphatic carbocycles. The summed E-state index contributed by atoms with van der Waals surface area (Å²) in [6, 6.07) is 6.40. The third kappa shape index (κ3) is 5.05. The molecule has 1 aromatic carbocycles. The zero-order chi connectivity index (χ0) is 13.6. The Bertz CT molecular complexity index is 401. The lowest BCUT2D eigenvalue weighted by Crippen LogP contribution is -2.18. The minimum Gasteiger partial charge on any atom is -0.491 e. The second-order valence-corrected chi connectivity index (χ2v) is 3.35. The highest BCUT2D eigenvalue weighted by Crippen LogP contribution is 2.16. The minimum absolute atomic E-state index is 0.202. The van der Waals surface area contributed by atoms with E-state index in [0.717, 1.165) is 0 Å². The van der Waals surface area contributed by atoms with Gasteiger partial charge in [0, 0.05) is 0 Å². The zero-order valence-corrected chi connectivity index (χ0v) is 9.57. The molecule has 0 radical (unpaired) electrons. The minimum atomic E-state index is -4.64. The van der Waals surface area contributed by atoms with E-state index in [1.54, 1.807) is 31.2 Å². The first-order valence-electron chi connectivity index (χ1n) is 5.05. The summed E-state index contributed by atoms with van der Waals surface area (Å²) in [4.78, 5) is 0. The van der Waals surface area contributed by atoms with E-state index in [4.69, 9.17) is 9.94 Å². The molecule has 7 heteroatoms. The van der Waals surface area contributed by atoms with Crippen molar-refractivity contribution in [1.82, 2.24) is 0 Å². The van der Waals surface area contributed by atoms with Crippen LogP contribution < -0.4 is 4.74 Å². The first-order valence-corrected chi connectivity index (χ1v) is 5.05. The smallest absolute Gasteiger partial charge is 0.491 e. The van der Waals surface area contributed by atoms with Crippen molar-refractivity contribution in [3.8, 4) is 5.75 Å². The summed E-state index contributed by atoms with van der Waals surface area (Å²) in [5, 5.41) is 11.6. The fourth-order valence-corrected chi connectivity index (χ4v) is 1.17. The molecule has 0 aliphatic rings. The summed E-state index contributed by atoms with van der Waals surface area (Å²) >= 11 is 0. The van der Waals surface area contributed by atoms with Crippen LogP contribution in [0.3, 0.4) is 0 Å². The molecule has 0 fully saturated rings. The van der Waals surface area contributed by atoms with Gasteiger partial charge in [-0.1, -0.05) is 5.16 Å². The maximum atomic E-state index is 11.6. The van der Waals surface area contributed by atoms with Gasteiger partial charge in [-0.05, 0) is 36.8 Å². The number of hydrogen-bond donors (Lipinski definition) is 1. The van der Waals surface area contributed by atoms with Crippen LogP contribution in [0, 0.1) is 0 Å². The van der Waals surface area contributed by atoms with Gasteiger partial charge in [0.2, 0.25) is 0 Å². The molecule has 18 heavy (non-hydrogen) atoms. The Balaban J connectivity index is 2.40. The first kappa shape index (κ1) is 14.3. The van der Waals surface area contributed by atoms with Crippen LogP contribution >= 0.6 is 0 Å². The van der Waals surface area contributed by atoms with Crippen molar-refractivity contribution < 1.29 is 27.9 Å². The highest BCUT2D eigenvalue weighted by molar-refractivity contribution is 5.98. The van der Waals surface area contributed by atoms with Gasteiger partial charge in [-0.2, -0.15) is 0 Å². The van der Waals surface area contributed by atoms with Crippen LogP contribution in [0.25, 0.3) is 0 Å². The Labute approximate surface area is 102 Å². The quantitative estimate of drug-likeness (QED) is 0.384. The number of benzene rings is 1.